The molecule has 1 saturated heterocycles. The number of piperidine rings is 1. The minimum absolute atomic E-state index is 0. The Morgan fingerprint density at radius 2 is 1.88 bits per heavy atom. The number of ether oxygens (including phenoxy) is 1. The summed E-state index contributed by atoms with van der Waals surface area (Å²) in [5.74, 6) is 0.0764. The van der Waals surface area contributed by atoms with Crippen LogP contribution in [-0.4, -0.2) is 56.7 Å². The third-order valence-electron chi connectivity index (χ3n) is 4.04. The summed E-state index contributed by atoms with van der Waals surface area (Å²) in [5.41, 5.74) is 1.33. The van der Waals surface area contributed by atoms with Gasteiger partial charge < -0.3 is 15.4 Å². The molecule has 144 valence electrons. The Bertz CT molecular complexity index is 483. The van der Waals surface area contributed by atoms with Gasteiger partial charge in [0, 0.05) is 43.8 Å². The molecule has 0 spiro atoms. The number of carbonyl (C=O) groups excluding carboxylic acids is 1. The van der Waals surface area contributed by atoms with Crippen LogP contribution in [0, 0.1) is 0 Å². The predicted octanol–water partition coefficient (Wildman–Crippen LogP) is 2.61. The number of benzene rings is 1. The summed E-state index contributed by atoms with van der Waals surface area (Å²) in [6.07, 6.45) is 2.03. The number of nitrogens with zero attached hydrogens (tertiary/aromatic N) is 1. The zero-order valence-electron chi connectivity index (χ0n) is 14.5. The molecule has 0 bridgehead atoms. The second-order valence-electron chi connectivity index (χ2n) is 5.91. The maximum absolute atomic E-state index is 11.8. The maximum atomic E-state index is 11.8. The van der Waals surface area contributed by atoms with Crippen LogP contribution >= 0.6 is 40.7 Å². The summed E-state index contributed by atoms with van der Waals surface area (Å²) in [6, 6.07) is 8.78. The van der Waals surface area contributed by atoms with E-state index in [9.17, 15) is 4.79 Å². The van der Waals surface area contributed by atoms with Crippen LogP contribution < -0.4 is 10.6 Å². The van der Waals surface area contributed by atoms with Gasteiger partial charge in [-0.15, -0.1) is 24.8 Å². The quantitative estimate of drug-likeness (QED) is 0.590. The number of hydrogen-bond donors (Lipinski definition) is 2. The largest absolute Gasteiger partial charge is 0.383 e. The molecule has 0 radical (unpaired) electrons. The van der Waals surface area contributed by atoms with Gasteiger partial charge in [-0.3, -0.25) is 9.69 Å². The minimum atomic E-state index is 0. The van der Waals surface area contributed by atoms with Crippen molar-refractivity contribution in [3.63, 3.8) is 0 Å². The molecule has 25 heavy (non-hydrogen) atoms. The van der Waals surface area contributed by atoms with Crippen LogP contribution in [0.4, 0.5) is 0 Å². The van der Waals surface area contributed by atoms with E-state index in [1.54, 1.807) is 7.11 Å². The SMILES string of the molecule is COCCNCC(=O)NC1CCN(Cc2ccc(Br)cc2)CC1.Cl.Cl. The lowest BCUT2D eigenvalue weighted by atomic mass is 10.0. The minimum Gasteiger partial charge on any atom is -0.383 e. The first kappa shape index (κ1) is 24.6. The van der Waals surface area contributed by atoms with Crippen LogP contribution in [0.15, 0.2) is 28.7 Å². The maximum Gasteiger partial charge on any atom is 0.234 e. The van der Waals surface area contributed by atoms with E-state index in [-0.39, 0.29) is 30.7 Å². The third kappa shape index (κ3) is 9.78. The molecule has 1 heterocycles. The zero-order chi connectivity index (χ0) is 16.5. The van der Waals surface area contributed by atoms with Gasteiger partial charge in [-0.1, -0.05) is 28.1 Å². The average Bonchev–Trinajstić information content (AvgIpc) is 2.56. The van der Waals surface area contributed by atoms with Crippen molar-refractivity contribution in [3.8, 4) is 0 Å². The molecule has 1 amide bonds. The van der Waals surface area contributed by atoms with Crippen molar-refractivity contribution in [2.24, 2.45) is 0 Å². The normalized spacial score (nSPS) is 15.1. The molecule has 5 nitrogen and oxygen atoms in total. The third-order valence-corrected chi connectivity index (χ3v) is 4.57. The molecular formula is C17H28BrCl2N3O2. The lowest BCUT2D eigenvalue weighted by Crippen LogP contribution is -2.46. The number of amides is 1. The molecule has 1 aromatic rings. The predicted molar refractivity (Wildman–Crippen MR) is 110 cm³/mol. The summed E-state index contributed by atoms with van der Waals surface area (Å²) in [7, 11) is 1.66. The van der Waals surface area contributed by atoms with Gasteiger partial charge in [0.05, 0.1) is 13.2 Å². The second-order valence-corrected chi connectivity index (χ2v) is 6.83. The van der Waals surface area contributed by atoms with Crippen LogP contribution in [0.1, 0.15) is 18.4 Å². The van der Waals surface area contributed by atoms with Crippen molar-refractivity contribution < 1.29 is 9.53 Å². The fraction of sp³-hybridized carbons (Fsp3) is 0.588. The zero-order valence-corrected chi connectivity index (χ0v) is 17.7. The van der Waals surface area contributed by atoms with Crippen molar-refractivity contribution in [2.45, 2.75) is 25.4 Å². The first-order valence-corrected chi connectivity index (χ1v) is 8.92. The van der Waals surface area contributed by atoms with Crippen molar-refractivity contribution >= 4 is 46.7 Å². The molecule has 0 aromatic heterocycles. The Morgan fingerprint density at radius 1 is 1.24 bits per heavy atom. The fourth-order valence-electron chi connectivity index (χ4n) is 2.74. The highest BCUT2D eigenvalue weighted by atomic mass is 79.9. The number of likely N-dealkylation sites (tertiary alicyclic amines) is 1. The van der Waals surface area contributed by atoms with Gasteiger partial charge in [0.2, 0.25) is 5.91 Å². The molecule has 1 aromatic carbocycles. The van der Waals surface area contributed by atoms with Crippen LogP contribution in [0.2, 0.25) is 0 Å². The van der Waals surface area contributed by atoms with Gasteiger partial charge in [0.1, 0.15) is 0 Å². The Morgan fingerprint density at radius 3 is 2.48 bits per heavy atom. The highest BCUT2D eigenvalue weighted by Crippen LogP contribution is 2.16. The number of hydrogen-bond acceptors (Lipinski definition) is 4. The van der Waals surface area contributed by atoms with Crippen LogP contribution in [-0.2, 0) is 16.1 Å². The summed E-state index contributed by atoms with van der Waals surface area (Å²) in [5, 5.41) is 6.18. The molecule has 0 unspecified atom stereocenters. The van der Waals surface area contributed by atoms with E-state index in [1.165, 1.54) is 5.56 Å². The van der Waals surface area contributed by atoms with Crippen molar-refractivity contribution in [3.05, 3.63) is 34.3 Å². The number of rotatable bonds is 8. The van der Waals surface area contributed by atoms with Crippen molar-refractivity contribution in [2.75, 3.05) is 39.9 Å². The number of carbonyl (C=O) groups is 1. The van der Waals surface area contributed by atoms with Crippen molar-refractivity contribution in [1.82, 2.24) is 15.5 Å². The lowest BCUT2D eigenvalue weighted by Gasteiger charge is -2.32. The van der Waals surface area contributed by atoms with E-state index in [4.69, 9.17) is 4.74 Å². The summed E-state index contributed by atoms with van der Waals surface area (Å²) in [6.45, 7) is 4.72. The van der Waals surface area contributed by atoms with Crippen molar-refractivity contribution in [1.29, 1.82) is 0 Å². The van der Waals surface area contributed by atoms with Gasteiger partial charge in [-0.2, -0.15) is 0 Å². The molecule has 2 N–H and O–H groups in total. The molecule has 1 aliphatic heterocycles. The Labute approximate surface area is 171 Å². The Hall–Kier alpha value is -0.370. The first-order valence-electron chi connectivity index (χ1n) is 8.13. The molecule has 2 rings (SSSR count). The van der Waals surface area contributed by atoms with Gasteiger partial charge in [-0.05, 0) is 30.5 Å². The highest BCUT2D eigenvalue weighted by Gasteiger charge is 2.20. The van der Waals surface area contributed by atoms with Crippen LogP contribution in [0.25, 0.3) is 0 Å². The van der Waals surface area contributed by atoms with Gasteiger partial charge >= 0.3 is 0 Å². The monoisotopic (exact) mass is 455 g/mol. The molecule has 8 heteroatoms. The molecule has 0 atom stereocenters. The van der Waals surface area contributed by atoms with E-state index >= 15 is 0 Å². The fourth-order valence-corrected chi connectivity index (χ4v) is 3.00. The van der Waals surface area contributed by atoms with E-state index < -0.39 is 0 Å². The number of halogens is 3. The summed E-state index contributed by atoms with van der Waals surface area (Å²) in [4.78, 5) is 14.3. The standard InChI is InChI=1S/C17H26BrN3O2.2ClH/c1-23-11-8-19-12-17(22)20-16-6-9-21(10-7-16)13-14-2-4-15(18)5-3-14;;/h2-5,16,19H,6-13H2,1H3,(H,20,22);2*1H. The van der Waals surface area contributed by atoms with Crippen LogP contribution in [0.5, 0.6) is 0 Å². The topological polar surface area (TPSA) is 53.6 Å². The smallest absolute Gasteiger partial charge is 0.234 e. The molecule has 1 fully saturated rings. The molecule has 0 aliphatic carbocycles. The van der Waals surface area contributed by atoms with Gasteiger partial charge in [0.25, 0.3) is 0 Å². The van der Waals surface area contributed by atoms with E-state index in [1.807, 2.05) is 0 Å². The second kappa shape index (κ2) is 13.8. The van der Waals surface area contributed by atoms with Crippen LogP contribution in [0.3, 0.4) is 0 Å². The van der Waals surface area contributed by atoms with Gasteiger partial charge in [-0.25, -0.2) is 0 Å². The molecular weight excluding hydrogens is 429 g/mol. The molecule has 0 saturated carbocycles. The van der Waals surface area contributed by atoms with E-state index in [2.05, 4.69) is 55.7 Å². The average molecular weight is 457 g/mol. The highest BCUT2D eigenvalue weighted by molar-refractivity contribution is 9.10. The lowest BCUT2D eigenvalue weighted by molar-refractivity contribution is -0.121. The number of methoxy groups -OCH3 is 1. The number of nitrogens with one attached hydrogen (secondary N) is 2. The van der Waals surface area contributed by atoms with Gasteiger partial charge in [0.15, 0.2) is 0 Å². The van der Waals surface area contributed by atoms with E-state index in [0.717, 1.165) is 36.9 Å². The summed E-state index contributed by atoms with van der Waals surface area (Å²) < 4.78 is 6.05. The summed E-state index contributed by atoms with van der Waals surface area (Å²) >= 11 is 3.46. The Kier molecular flexibility index (Phi) is 13.6. The molecule has 1 aliphatic rings. The van der Waals surface area contributed by atoms with E-state index in [0.29, 0.717) is 25.7 Å². The first-order chi connectivity index (χ1) is 11.2. The Balaban J connectivity index is 0.00000288.